The number of rotatable bonds is 2. The summed E-state index contributed by atoms with van der Waals surface area (Å²) in [6.45, 7) is 0.0644. The zero-order chi connectivity index (χ0) is 15.9. The number of nitrogens with two attached hydrogens (primary N) is 1. The summed E-state index contributed by atoms with van der Waals surface area (Å²) in [7, 11) is 0. The quantitative estimate of drug-likeness (QED) is 0.467. The van der Waals surface area contributed by atoms with E-state index in [0.29, 0.717) is 11.3 Å². The maximum Gasteiger partial charge on any atom is 0.279 e. The summed E-state index contributed by atoms with van der Waals surface area (Å²) < 4.78 is 25.6. The standard InChI is InChI=1S/C14H10BrClFN3O2/c15-6-1-2-10-7(3-6)9(5-21-14(18)19)8-4-11(16)20-13(17)12(8)22-10/h1-4,9H,5H2,(H3,18,19)/t9-/m1/s1. The first kappa shape index (κ1) is 15.1. The van der Waals surface area contributed by atoms with Crippen LogP contribution in [-0.2, 0) is 4.74 Å². The average molecular weight is 387 g/mol. The van der Waals surface area contributed by atoms with E-state index < -0.39 is 12.0 Å². The van der Waals surface area contributed by atoms with Gasteiger partial charge in [-0.25, -0.2) is 4.98 Å². The predicted octanol–water partition coefficient (Wildman–Crippen LogP) is 3.78. The summed E-state index contributed by atoms with van der Waals surface area (Å²) in [6.07, 6.45) is 0. The van der Waals surface area contributed by atoms with Crippen LogP contribution in [0.4, 0.5) is 4.39 Å². The second-order valence-electron chi connectivity index (χ2n) is 4.67. The van der Waals surface area contributed by atoms with Crippen molar-refractivity contribution in [2.45, 2.75) is 5.92 Å². The van der Waals surface area contributed by atoms with Crippen LogP contribution in [0.5, 0.6) is 11.5 Å². The molecule has 2 aromatic rings. The molecule has 1 aromatic carbocycles. The van der Waals surface area contributed by atoms with Crippen LogP contribution in [0.1, 0.15) is 17.0 Å². The molecule has 0 aliphatic carbocycles. The molecule has 22 heavy (non-hydrogen) atoms. The molecule has 3 N–H and O–H groups in total. The van der Waals surface area contributed by atoms with E-state index in [4.69, 9.17) is 32.2 Å². The van der Waals surface area contributed by atoms with Crippen LogP contribution < -0.4 is 10.5 Å². The number of amidine groups is 1. The number of hydrogen-bond donors (Lipinski definition) is 2. The minimum Gasteiger partial charge on any atom is -0.465 e. The molecule has 1 atom stereocenters. The Kier molecular flexibility index (Phi) is 3.92. The molecule has 0 unspecified atom stereocenters. The molecule has 1 aromatic heterocycles. The van der Waals surface area contributed by atoms with Crippen LogP contribution in [0.25, 0.3) is 0 Å². The summed E-state index contributed by atoms with van der Waals surface area (Å²) in [5.74, 6) is -0.661. The molecule has 3 rings (SSSR count). The van der Waals surface area contributed by atoms with Crippen LogP contribution in [0.2, 0.25) is 5.15 Å². The molecule has 0 saturated heterocycles. The summed E-state index contributed by atoms with van der Waals surface area (Å²) in [6, 6.07) is 6.46. The van der Waals surface area contributed by atoms with Gasteiger partial charge in [0.25, 0.3) is 12.0 Å². The van der Waals surface area contributed by atoms with Gasteiger partial charge in [0.2, 0.25) is 0 Å². The van der Waals surface area contributed by atoms with E-state index in [1.165, 1.54) is 6.07 Å². The number of hydrogen-bond acceptors (Lipinski definition) is 4. The molecule has 0 radical (unpaired) electrons. The van der Waals surface area contributed by atoms with Gasteiger partial charge in [0.05, 0.1) is 5.92 Å². The number of nitrogens with one attached hydrogen (secondary N) is 1. The lowest BCUT2D eigenvalue weighted by molar-refractivity contribution is 0.272. The van der Waals surface area contributed by atoms with Gasteiger partial charge in [-0.15, -0.1) is 0 Å². The van der Waals surface area contributed by atoms with Gasteiger partial charge in [0.15, 0.2) is 5.75 Å². The van der Waals surface area contributed by atoms with Gasteiger partial charge in [0, 0.05) is 15.6 Å². The zero-order valence-corrected chi connectivity index (χ0v) is 13.4. The molecule has 0 saturated carbocycles. The molecule has 114 valence electrons. The third-order valence-electron chi connectivity index (χ3n) is 3.27. The summed E-state index contributed by atoms with van der Waals surface area (Å²) >= 11 is 9.24. The topological polar surface area (TPSA) is 81.2 Å². The number of ether oxygens (including phenoxy) is 2. The van der Waals surface area contributed by atoms with Crippen molar-refractivity contribution in [3.05, 3.63) is 51.0 Å². The molecule has 8 heteroatoms. The fourth-order valence-electron chi connectivity index (χ4n) is 2.36. The minimum absolute atomic E-state index is 0.0105. The van der Waals surface area contributed by atoms with Gasteiger partial charge in [0.1, 0.15) is 17.5 Å². The van der Waals surface area contributed by atoms with Gasteiger partial charge in [-0.2, -0.15) is 4.39 Å². The first-order valence-corrected chi connectivity index (χ1v) is 7.43. The van der Waals surface area contributed by atoms with Crippen molar-refractivity contribution in [2.75, 3.05) is 6.61 Å². The Morgan fingerprint density at radius 3 is 2.95 bits per heavy atom. The first-order valence-electron chi connectivity index (χ1n) is 6.25. The Bertz CT molecular complexity index is 772. The number of benzene rings is 1. The van der Waals surface area contributed by atoms with Crippen molar-refractivity contribution in [3.8, 4) is 11.5 Å². The van der Waals surface area contributed by atoms with E-state index in [2.05, 4.69) is 20.9 Å². The van der Waals surface area contributed by atoms with Crippen molar-refractivity contribution < 1.29 is 13.9 Å². The lowest BCUT2D eigenvalue weighted by Crippen LogP contribution is -2.22. The number of nitrogens with zero attached hydrogens (tertiary/aromatic N) is 1. The van der Waals surface area contributed by atoms with Crippen LogP contribution in [-0.4, -0.2) is 17.6 Å². The Morgan fingerprint density at radius 1 is 1.45 bits per heavy atom. The Balaban J connectivity index is 2.14. The van der Waals surface area contributed by atoms with Gasteiger partial charge < -0.3 is 15.2 Å². The number of fused-ring (bicyclic) bond motifs is 2. The largest absolute Gasteiger partial charge is 0.465 e. The molecule has 1 aliphatic rings. The van der Waals surface area contributed by atoms with Crippen LogP contribution in [0.3, 0.4) is 0 Å². The normalized spacial score (nSPS) is 15.5. The fourth-order valence-corrected chi connectivity index (χ4v) is 2.93. The zero-order valence-electron chi connectivity index (χ0n) is 11.1. The molecule has 1 aliphatic heterocycles. The second-order valence-corrected chi connectivity index (χ2v) is 5.97. The van der Waals surface area contributed by atoms with Gasteiger partial charge >= 0.3 is 0 Å². The molecule has 5 nitrogen and oxygen atoms in total. The minimum atomic E-state index is -0.788. The smallest absolute Gasteiger partial charge is 0.279 e. The van der Waals surface area contributed by atoms with Crippen molar-refractivity contribution in [1.29, 1.82) is 5.41 Å². The highest BCUT2D eigenvalue weighted by Crippen LogP contribution is 2.46. The molecule has 0 bridgehead atoms. The fraction of sp³-hybridized carbons (Fsp3) is 0.143. The maximum absolute atomic E-state index is 14.0. The van der Waals surface area contributed by atoms with Crippen LogP contribution in [0.15, 0.2) is 28.7 Å². The Labute approximate surface area is 138 Å². The third-order valence-corrected chi connectivity index (χ3v) is 3.96. The molecular formula is C14H10BrClFN3O2. The van der Waals surface area contributed by atoms with Crippen molar-refractivity contribution in [1.82, 2.24) is 4.98 Å². The van der Waals surface area contributed by atoms with E-state index in [0.717, 1.165) is 10.0 Å². The predicted molar refractivity (Wildman–Crippen MR) is 83.1 cm³/mol. The highest BCUT2D eigenvalue weighted by molar-refractivity contribution is 9.10. The molecule has 0 spiro atoms. The van der Waals surface area contributed by atoms with Gasteiger partial charge in [-0.05, 0) is 24.3 Å². The number of pyridine rings is 1. The van der Waals surface area contributed by atoms with Crippen molar-refractivity contribution in [2.24, 2.45) is 5.73 Å². The number of halogens is 3. The van der Waals surface area contributed by atoms with Crippen LogP contribution in [0, 0.1) is 11.4 Å². The average Bonchev–Trinajstić information content (AvgIpc) is 2.44. The van der Waals surface area contributed by atoms with Gasteiger partial charge in [-0.1, -0.05) is 27.5 Å². The van der Waals surface area contributed by atoms with Gasteiger partial charge in [-0.3, -0.25) is 5.41 Å². The lowest BCUT2D eigenvalue weighted by atomic mass is 9.89. The Morgan fingerprint density at radius 2 is 2.23 bits per heavy atom. The molecular weight excluding hydrogens is 377 g/mol. The summed E-state index contributed by atoms with van der Waals surface area (Å²) in [5, 5.41) is 7.23. The summed E-state index contributed by atoms with van der Waals surface area (Å²) in [5.41, 5.74) is 6.53. The highest BCUT2D eigenvalue weighted by Gasteiger charge is 2.31. The van der Waals surface area contributed by atoms with Crippen molar-refractivity contribution >= 4 is 33.6 Å². The number of aromatic nitrogens is 1. The van der Waals surface area contributed by atoms with Crippen molar-refractivity contribution in [3.63, 3.8) is 0 Å². The molecule has 0 fully saturated rings. The van der Waals surface area contributed by atoms with E-state index in [-0.39, 0.29) is 23.4 Å². The van der Waals surface area contributed by atoms with Crippen LogP contribution >= 0.6 is 27.5 Å². The molecule has 2 heterocycles. The second kappa shape index (κ2) is 5.73. The van der Waals surface area contributed by atoms with E-state index >= 15 is 0 Å². The Hall–Kier alpha value is -1.86. The monoisotopic (exact) mass is 385 g/mol. The highest BCUT2D eigenvalue weighted by atomic mass is 79.9. The third kappa shape index (κ3) is 2.74. The SMILES string of the molecule is N=C(N)OC[C@@H]1c2cc(Br)ccc2Oc2c1cc(Cl)nc2F. The van der Waals surface area contributed by atoms with E-state index in [1.54, 1.807) is 12.1 Å². The van der Waals surface area contributed by atoms with E-state index in [1.807, 2.05) is 6.07 Å². The maximum atomic E-state index is 14.0. The first-order chi connectivity index (χ1) is 10.5. The molecule has 0 amide bonds. The van der Waals surface area contributed by atoms with E-state index in [9.17, 15) is 4.39 Å². The lowest BCUT2D eigenvalue weighted by Gasteiger charge is -2.28. The summed E-state index contributed by atoms with van der Waals surface area (Å²) in [4.78, 5) is 3.56.